The van der Waals surface area contributed by atoms with Crippen LogP contribution in [0.1, 0.15) is 84.5 Å². The van der Waals surface area contributed by atoms with Gasteiger partial charge in [-0.3, -0.25) is 0 Å². The first-order valence-electron chi connectivity index (χ1n) is 12.3. The summed E-state index contributed by atoms with van der Waals surface area (Å²) in [6, 6.07) is 0. The highest BCUT2D eigenvalue weighted by Gasteiger charge is 2.57. The molecule has 0 aromatic heterocycles. The molecule has 0 amide bonds. The van der Waals surface area contributed by atoms with Gasteiger partial charge in [0.15, 0.2) is 9.84 Å². The lowest BCUT2D eigenvalue weighted by molar-refractivity contribution is -0.0859. The van der Waals surface area contributed by atoms with Crippen molar-refractivity contribution in [1.82, 2.24) is 0 Å². The minimum atomic E-state index is -3.27. The van der Waals surface area contributed by atoms with Crippen LogP contribution in [-0.2, 0) is 19.3 Å². The van der Waals surface area contributed by atoms with Gasteiger partial charge in [-0.15, -0.1) is 0 Å². The molecule has 5 unspecified atom stereocenters. The number of ether oxygens (including phenoxy) is 2. The monoisotopic (exact) mass is 444 g/mol. The fourth-order valence-electron chi connectivity index (χ4n) is 7.03. The quantitative estimate of drug-likeness (QED) is 0.631. The van der Waals surface area contributed by atoms with Crippen LogP contribution in [0.4, 0.5) is 0 Å². The zero-order valence-electron chi connectivity index (χ0n) is 19.5. The predicted molar refractivity (Wildman–Crippen MR) is 120 cm³/mol. The second kappa shape index (κ2) is 10.2. The third kappa shape index (κ3) is 4.77. The van der Waals surface area contributed by atoms with Crippen LogP contribution in [-0.4, -0.2) is 57.1 Å². The van der Waals surface area contributed by atoms with Crippen LogP contribution in [0.3, 0.4) is 0 Å². The molecule has 30 heavy (non-hydrogen) atoms. The van der Waals surface area contributed by atoms with Gasteiger partial charge in [0.05, 0.1) is 29.3 Å². The molecule has 1 saturated heterocycles. The van der Waals surface area contributed by atoms with Crippen LogP contribution in [0.25, 0.3) is 0 Å². The third-order valence-corrected chi connectivity index (χ3v) is 11.3. The zero-order valence-corrected chi connectivity index (χ0v) is 20.3. The summed E-state index contributed by atoms with van der Waals surface area (Å²) in [6.45, 7) is 4.23. The molecule has 0 aromatic rings. The van der Waals surface area contributed by atoms with Crippen LogP contribution in [0.15, 0.2) is 0 Å². The van der Waals surface area contributed by atoms with Gasteiger partial charge in [0.1, 0.15) is 0 Å². The summed E-state index contributed by atoms with van der Waals surface area (Å²) in [6.07, 6.45) is 9.65. The van der Waals surface area contributed by atoms with Gasteiger partial charge in [-0.25, -0.2) is 8.42 Å². The summed E-state index contributed by atoms with van der Waals surface area (Å²) in [4.78, 5) is 0. The molecule has 2 saturated carbocycles. The lowest BCUT2D eigenvalue weighted by atomic mass is 9.60. The van der Waals surface area contributed by atoms with Gasteiger partial charge >= 0.3 is 0 Å². The Bertz CT molecular complexity index is 650. The number of hydrogen-bond donors (Lipinski definition) is 1. The number of fused-ring (bicyclic) bond motifs is 1. The Balaban J connectivity index is 2.05. The molecule has 8 atom stereocenters. The molecule has 1 aliphatic heterocycles. The first-order valence-corrected chi connectivity index (χ1v) is 14.0. The Hall–Kier alpha value is -0.170. The predicted octanol–water partition coefficient (Wildman–Crippen LogP) is 4.37. The van der Waals surface area contributed by atoms with Crippen LogP contribution in [0, 0.1) is 23.2 Å². The highest BCUT2D eigenvalue weighted by molar-refractivity contribution is 7.92. The van der Waals surface area contributed by atoms with Crippen molar-refractivity contribution in [2.45, 2.75) is 108 Å². The Labute approximate surface area is 184 Å². The molecule has 0 bridgehead atoms. The average molecular weight is 445 g/mol. The third-order valence-electron chi connectivity index (χ3n) is 8.83. The second-order valence-corrected chi connectivity index (χ2v) is 12.5. The van der Waals surface area contributed by atoms with Gasteiger partial charge in [0.2, 0.25) is 0 Å². The molecule has 0 spiro atoms. The van der Waals surface area contributed by atoms with Gasteiger partial charge in [-0.1, -0.05) is 33.1 Å². The molecule has 2 aliphatic carbocycles. The van der Waals surface area contributed by atoms with Crippen molar-refractivity contribution >= 4 is 9.84 Å². The van der Waals surface area contributed by atoms with Gasteiger partial charge in [-0.05, 0) is 69.1 Å². The molecule has 3 rings (SSSR count). The van der Waals surface area contributed by atoms with Crippen LogP contribution < -0.4 is 0 Å². The Morgan fingerprint density at radius 2 is 1.70 bits per heavy atom. The maximum Gasteiger partial charge on any atom is 0.154 e. The van der Waals surface area contributed by atoms with Gasteiger partial charge < -0.3 is 14.6 Å². The fraction of sp³-hybridized carbons (Fsp3) is 1.00. The lowest BCUT2D eigenvalue weighted by Crippen LogP contribution is -2.49. The highest BCUT2D eigenvalue weighted by Crippen LogP contribution is 2.53. The Morgan fingerprint density at radius 3 is 2.33 bits per heavy atom. The highest BCUT2D eigenvalue weighted by atomic mass is 32.2. The van der Waals surface area contributed by atoms with E-state index in [0.717, 1.165) is 64.2 Å². The van der Waals surface area contributed by atoms with E-state index >= 15 is 0 Å². The number of hydrogen-bond acceptors (Lipinski definition) is 5. The Kier molecular flexibility index (Phi) is 8.31. The van der Waals surface area contributed by atoms with E-state index in [2.05, 4.69) is 13.8 Å². The van der Waals surface area contributed by atoms with Crippen molar-refractivity contribution in [2.75, 3.05) is 20.0 Å². The SMILES string of the molecule is CCCC[C@]1(CC)CS(=O)(=O)C2CCC(OC)CC2[C@@H](C2CCCC(OC)C2)[C@H]1O. The van der Waals surface area contributed by atoms with Crippen molar-refractivity contribution in [3.63, 3.8) is 0 Å². The molecule has 3 aliphatic rings. The normalized spacial score (nSPS) is 44.2. The topological polar surface area (TPSA) is 72.8 Å². The maximum absolute atomic E-state index is 13.7. The summed E-state index contributed by atoms with van der Waals surface area (Å²) < 4.78 is 38.8. The number of methoxy groups -OCH3 is 2. The van der Waals surface area contributed by atoms with E-state index in [4.69, 9.17) is 9.47 Å². The van der Waals surface area contributed by atoms with Crippen molar-refractivity contribution in [3.8, 4) is 0 Å². The van der Waals surface area contributed by atoms with E-state index in [0.29, 0.717) is 12.3 Å². The van der Waals surface area contributed by atoms with Crippen LogP contribution in [0.5, 0.6) is 0 Å². The number of unbranched alkanes of at least 4 members (excludes halogenated alkanes) is 1. The van der Waals surface area contributed by atoms with Crippen molar-refractivity contribution < 1.29 is 23.0 Å². The second-order valence-electron chi connectivity index (χ2n) is 10.3. The summed E-state index contributed by atoms with van der Waals surface area (Å²) in [7, 11) is 0.245. The molecule has 0 aromatic carbocycles. The van der Waals surface area contributed by atoms with Crippen molar-refractivity contribution in [3.05, 3.63) is 0 Å². The number of rotatable bonds is 7. The average Bonchev–Trinajstić information content (AvgIpc) is 2.83. The molecular weight excluding hydrogens is 400 g/mol. The number of aliphatic hydroxyl groups is 1. The molecule has 3 fully saturated rings. The van der Waals surface area contributed by atoms with Crippen LogP contribution in [0.2, 0.25) is 0 Å². The first kappa shape index (κ1) is 24.5. The van der Waals surface area contributed by atoms with Gasteiger partial charge in [0, 0.05) is 19.6 Å². The van der Waals surface area contributed by atoms with E-state index in [9.17, 15) is 13.5 Å². The minimum Gasteiger partial charge on any atom is -0.392 e. The smallest absolute Gasteiger partial charge is 0.154 e. The Morgan fingerprint density at radius 1 is 1.00 bits per heavy atom. The van der Waals surface area contributed by atoms with Crippen molar-refractivity contribution in [1.29, 1.82) is 0 Å². The molecule has 1 N–H and O–H groups in total. The summed E-state index contributed by atoms with van der Waals surface area (Å²) >= 11 is 0. The first-order chi connectivity index (χ1) is 14.3. The van der Waals surface area contributed by atoms with Crippen molar-refractivity contribution in [2.24, 2.45) is 23.2 Å². The van der Waals surface area contributed by atoms with E-state index in [1.807, 2.05) is 0 Å². The van der Waals surface area contributed by atoms with Gasteiger partial charge in [0.25, 0.3) is 0 Å². The minimum absolute atomic E-state index is 0.0139. The maximum atomic E-state index is 13.7. The fourth-order valence-corrected chi connectivity index (χ4v) is 9.88. The molecule has 0 radical (unpaired) electrons. The van der Waals surface area contributed by atoms with Gasteiger partial charge in [-0.2, -0.15) is 0 Å². The van der Waals surface area contributed by atoms with Crippen LogP contribution >= 0.6 is 0 Å². The zero-order chi connectivity index (χ0) is 21.9. The van der Waals surface area contributed by atoms with E-state index in [-0.39, 0.29) is 35.0 Å². The number of aliphatic hydroxyl groups excluding tert-OH is 1. The van der Waals surface area contributed by atoms with E-state index < -0.39 is 21.4 Å². The van der Waals surface area contributed by atoms with E-state index in [1.165, 1.54) is 0 Å². The molecular formula is C24H44O5S. The summed E-state index contributed by atoms with van der Waals surface area (Å²) in [5, 5.41) is 11.6. The molecule has 176 valence electrons. The summed E-state index contributed by atoms with van der Waals surface area (Å²) in [5.74, 6) is 0.468. The summed E-state index contributed by atoms with van der Waals surface area (Å²) in [5.41, 5.74) is -0.528. The number of sulfone groups is 1. The van der Waals surface area contributed by atoms with E-state index in [1.54, 1.807) is 14.2 Å². The lowest BCUT2D eigenvalue weighted by Gasteiger charge is -2.47. The molecule has 6 heteroatoms. The largest absolute Gasteiger partial charge is 0.392 e. The molecule has 5 nitrogen and oxygen atoms in total. The molecule has 1 heterocycles. The standard InChI is InChI=1S/C24H44O5S/c1-5-7-13-24(6-2)16-30(26,27)21-12-11-19(29-4)15-20(21)22(23(24)25)17-9-8-10-18(14-17)28-3/h17-23,25H,5-16H2,1-4H3/t17?,18?,19?,20?,21?,22-,23-,24-/m1/s1.